The highest BCUT2D eigenvalue weighted by Gasteiger charge is 2.11. The summed E-state index contributed by atoms with van der Waals surface area (Å²) in [5.41, 5.74) is 3.68. The lowest BCUT2D eigenvalue weighted by molar-refractivity contribution is 0.324. The van der Waals surface area contributed by atoms with E-state index in [2.05, 4.69) is 39.6 Å². The van der Waals surface area contributed by atoms with E-state index in [1.807, 2.05) is 34.0 Å². The van der Waals surface area contributed by atoms with E-state index in [-0.39, 0.29) is 0 Å². The molecule has 0 spiro atoms. The van der Waals surface area contributed by atoms with Gasteiger partial charge in [-0.2, -0.15) is 0 Å². The quantitative estimate of drug-likeness (QED) is 0.830. The number of hydrogen-bond donors (Lipinski definition) is 0. The summed E-state index contributed by atoms with van der Waals surface area (Å²) in [5, 5.41) is 0. The van der Waals surface area contributed by atoms with Gasteiger partial charge in [0.05, 0.1) is 17.4 Å². The molecule has 3 heteroatoms. The number of benzene rings is 1. The molecule has 0 unspecified atom stereocenters. The van der Waals surface area contributed by atoms with Gasteiger partial charge in [-0.25, -0.2) is 4.98 Å². The molecule has 1 aliphatic rings. The number of hydrogen-bond acceptors (Lipinski definition) is 2. The Hall–Kier alpha value is -1.35. The van der Waals surface area contributed by atoms with Crippen LogP contribution in [0.15, 0.2) is 24.5 Å². The first-order chi connectivity index (χ1) is 10.3. The molecule has 21 heavy (non-hydrogen) atoms. The van der Waals surface area contributed by atoms with Gasteiger partial charge in [-0.3, -0.25) is 0 Å². The van der Waals surface area contributed by atoms with Crippen molar-refractivity contribution in [3.63, 3.8) is 0 Å². The minimum Gasteiger partial charge on any atom is -0.329 e. The number of nitrogens with zero attached hydrogens (tertiary/aromatic N) is 3. The second kappa shape index (κ2) is 9.56. The Kier molecular flexibility index (Phi) is 8.06. The van der Waals surface area contributed by atoms with Crippen LogP contribution in [0.4, 0.5) is 0 Å². The standard InChI is InChI=1S/C14H19N3.2C2H6/c1-12-4-5-13-14(10-12)17(11-15-13)9-8-16-6-2-3-7-16;2*1-2/h4-5,10-11H,2-3,6-9H2,1H3;2*1-2H3. The van der Waals surface area contributed by atoms with Crippen molar-refractivity contribution in [3.05, 3.63) is 30.1 Å². The molecule has 0 saturated carbocycles. The van der Waals surface area contributed by atoms with Crippen LogP contribution in [0.3, 0.4) is 0 Å². The van der Waals surface area contributed by atoms with Crippen LogP contribution in [-0.4, -0.2) is 34.1 Å². The molecule has 1 saturated heterocycles. The van der Waals surface area contributed by atoms with Gasteiger partial charge in [0.2, 0.25) is 0 Å². The minimum absolute atomic E-state index is 1.06. The topological polar surface area (TPSA) is 21.1 Å². The number of aryl methyl sites for hydroxylation is 1. The van der Waals surface area contributed by atoms with Crippen LogP contribution in [0.2, 0.25) is 0 Å². The lowest BCUT2D eigenvalue weighted by atomic mass is 10.2. The lowest BCUT2D eigenvalue weighted by Crippen LogP contribution is -2.23. The van der Waals surface area contributed by atoms with Gasteiger partial charge in [-0.05, 0) is 50.6 Å². The Morgan fingerprint density at radius 3 is 2.33 bits per heavy atom. The predicted molar refractivity (Wildman–Crippen MR) is 92.8 cm³/mol. The summed E-state index contributed by atoms with van der Waals surface area (Å²) in [6.45, 7) is 14.9. The minimum atomic E-state index is 1.06. The van der Waals surface area contributed by atoms with Crippen molar-refractivity contribution < 1.29 is 0 Å². The molecule has 118 valence electrons. The molecular weight excluding hydrogens is 258 g/mol. The first kappa shape index (κ1) is 17.7. The number of likely N-dealkylation sites (tertiary alicyclic amines) is 1. The van der Waals surface area contributed by atoms with Gasteiger partial charge in [0, 0.05) is 13.1 Å². The lowest BCUT2D eigenvalue weighted by Gasteiger charge is -2.14. The van der Waals surface area contributed by atoms with Crippen molar-refractivity contribution in [2.45, 2.75) is 54.0 Å². The summed E-state index contributed by atoms with van der Waals surface area (Å²) in [6, 6.07) is 6.46. The summed E-state index contributed by atoms with van der Waals surface area (Å²) < 4.78 is 2.28. The van der Waals surface area contributed by atoms with Gasteiger partial charge < -0.3 is 9.47 Å². The van der Waals surface area contributed by atoms with E-state index in [9.17, 15) is 0 Å². The number of aromatic nitrogens is 2. The van der Waals surface area contributed by atoms with Crippen LogP contribution in [0, 0.1) is 6.92 Å². The fourth-order valence-corrected chi connectivity index (χ4v) is 2.60. The van der Waals surface area contributed by atoms with Crippen molar-refractivity contribution in [2.24, 2.45) is 0 Å². The van der Waals surface area contributed by atoms with Gasteiger partial charge in [-0.15, -0.1) is 0 Å². The summed E-state index contributed by atoms with van der Waals surface area (Å²) in [5.74, 6) is 0. The van der Waals surface area contributed by atoms with Crippen molar-refractivity contribution in [3.8, 4) is 0 Å². The second-order valence-electron chi connectivity index (χ2n) is 4.98. The monoisotopic (exact) mass is 289 g/mol. The van der Waals surface area contributed by atoms with Gasteiger partial charge in [0.25, 0.3) is 0 Å². The third-order valence-electron chi connectivity index (χ3n) is 3.63. The van der Waals surface area contributed by atoms with Crippen LogP contribution in [0.25, 0.3) is 11.0 Å². The van der Waals surface area contributed by atoms with E-state index in [1.54, 1.807) is 0 Å². The molecule has 0 radical (unpaired) electrons. The predicted octanol–water partition coefficient (Wildman–Crippen LogP) is 4.49. The van der Waals surface area contributed by atoms with Crippen molar-refractivity contribution in [2.75, 3.05) is 19.6 Å². The fraction of sp³-hybridized carbons (Fsp3) is 0.611. The molecule has 0 bridgehead atoms. The largest absolute Gasteiger partial charge is 0.329 e. The molecule has 0 amide bonds. The average Bonchev–Trinajstić information content (AvgIpc) is 3.18. The Balaban J connectivity index is 0.000000510. The van der Waals surface area contributed by atoms with E-state index < -0.39 is 0 Å². The van der Waals surface area contributed by atoms with Crippen LogP contribution in [-0.2, 0) is 6.54 Å². The van der Waals surface area contributed by atoms with Crippen LogP contribution in [0.1, 0.15) is 46.1 Å². The molecule has 3 nitrogen and oxygen atoms in total. The van der Waals surface area contributed by atoms with E-state index in [0.717, 1.165) is 18.6 Å². The number of imidazole rings is 1. The summed E-state index contributed by atoms with van der Waals surface area (Å²) in [4.78, 5) is 6.99. The van der Waals surface area contributed by atoms with Gasteiger partial charge in [-0.1, -0.05) is 33.8 Å². The van der Waals surface area contributed by atoms with Gasteiger partial charge in [0.15, 0.2) is 0 Å². The fourth-order valence-electron chi connectivity index (χ4n) is 2.60. The molecule has 1 aromatic carbocycles. The maximum absolute atomic E-state index is 4.45. The average molecular weight is 289 g/mol. The van der Waals surface area contributed by atoms with Crippen LogP contribution in [0.5, 0.6) is 0 Å². The smallest absolute Gasteiger partial charge is 0.0958 e. The molecule has 1 aliphatic heterocycles. The van der Waals surface area contributed by atoms with E-state index in [4.69, 9.17) is 0 Å². The molecule has 1 aromatic heterocycles. The molecule has 3 rings (SSSR count). The maximum Gasteiger partial charge on any atom is 0.0958 e. The van der Waals surface area contributed by atoms with E-state index in [1.165, 1.54) is 37.0 Å². The zero-order valence-electron chi connectivity index (χ0n) is 14.4. The van der Waals surface area contributed by atoms with Crippen LogP contribution >= 0.6 is 0 Å². The first-order valence-corrected chi connectivity index (χ1v) is 8.47. The molecule has 2 aromatic rings. The number of fused-ring (bicyclic) bond motifs is 1. The third kappa shape index (κ3) is 4.85. The van der Waals surface area contributed by atoms with Crippen molar-refractivity contribution in [1.82, 2.24) is 14.5 Å². The first-order valence-electron chi connectivity index (χ1n) is 8.47. The highest BCUT2D eigenvalue weighted by atomic mass is 15.2. The number of rotatable bonds is 3. The normalized spacial score (nSPS) is 14.3. The van der Waals surface area contributed by atoms with Crippen molar-refractivity contribution >= 4 is 11.0 Å². The van der Waals surface area contributed by atoms with E-state index >= 15 is 0 Å². The Morgan fingerprint density at radius 2 is 1.67 bits per heavy atom. The molecule has 1 fully saturated rings. The highest BCUT2D eigenvalue weighted by Crippen LogP contribution is 2.15. The SMILES string of the molecule is CC.CC.Cc1ccc2ncn(CCN3CCCC3)c2c1. The van der Waals surface area contributed by atoms with E-state index in [0.29, 0.717) is 0 Å². The van der Waals surface area contributed by atoms with Crippen LogP contribution < -0.4 is 0 Å². The summed E-state index contributed by atoms with van der Waals surface area (Å²) >= 11 is 0. The third-order valence-corrected chi connectivity index (χ3v) is 3.63. The zero-order chi connectivity index (χ0) is 15.7. The zero-order valence-corrected chi connectivity index (χ0v) is 14.4. The van der Waals surface area contributed by atoms with Crippen molar-refractivity contribution in [1.29, 1.82) is 0 Å². The Morgan fingerprint density at radius 1 is 1.00 bits per heavy atom. The maximum atomic E-state index is 4.45. The molecule has 0 atom stereocenters. The molecule has 0 aliphatic carbocycles. The summed E-state index contributed by atoms with van der Waals surface area (Å²) in [7, 11) is 0. The summed E-state index contributed by atoms with van der Waals surface area (Å²) in [6.07, 6.45) is 4.70. The van der Waals surface area contributed by atoms with Gasteiger partial charge in [0.1, 0.15) is 0 Å². The Bertz CT molecular complexity index is 510. The molecule has 2 heterocycles. The molecule has 0 N–H and O–H groups in total. The second-order valence-corrected chi connectivity index (χ2v) is 4.98. The van der Waals surface area contributed by atoms with Gasteiger partial charge >= 0.3 is 0 Å². The highest BCUT2D eigenvalue weighted by molar-refractivity contribution is 5.75. The Labute approximate surface area is 130 Å². The molecular formula is C18H31N3.